The van der Waals surface area contributed by atoms with Gasteiger partial charge in [0.05, 0.1) is 12.7 Å². The number of nitrogens with one attached hydrogen (secondary N) is 2. The summed E-state index contributed by atoms with van der Waals surface area (Å²) in [5.41, 5.74) is 2.60. The summed E-state index contributed by atoms with van der Waals surface area (Å²) in [4.78, 5) is 27.9. The second kappa shape index (κ2) is 12.1. The number of methoxy groups -OCH3 is 1. The predicted molar refractivity (Wildman–Crippen MR) is 127 cm³/mol. The summed E-state index contributed by atoms with van der Waals surface area (Å²) in [6, 6.07) is 12.5. The van der Waals surface area contributed by atoms with Gasteiger partial charge in [-0.05, 0) is 75.1 Å². The average molecular weight is 440 g/mol. The van der Waals surface area contributed by atoms with E-state index in [4.69, 9.17) is 9.47 Å². The topological polar surface area (TPSA) is 79.9 Å². The lowest BCUT2D eigenvalue weighted by molar-refractivity contribution is 0.0943. The van der Waals surface area contributed by atoms with Crippen molar-refractivity contribution in [2.24, 2.45) is 0 Å². The van der Waals surface area contributed by atoms with E-state index >= 15 is 0 Å². The summed E-state index contributed by atoms with van der Waals surface area (Å²) in [7, 11) is 1.59. The number of piperidine rings is 1. The molecule has 1 heterocycles. The van der Waals surface area contributed by atoms with Gasteiger partial charge < -0.3 is 25.0 Å². The Hall–Kier alpha value is -3.06. The molecule has 2 amide bonds. The lowest BCUT2D eigenvalue weighted by Crippen LogP contribution is -2.33. The number of benzene rings is 2. The van der Waals surface area contributed by atoms with Crippen molar-refractivity contribution in [2.45, 2.75) is 32.6 Å². The van der Waals surface area contributed by atoms with Crippen molar-refractivity contribution in [3.8, 4) is 5.75 Å². The van der Waals surface area contributed by atoms with Crippen LogP contribution in [0.15, 0.2) is 42.5 Å². The van der Waals surface area contributed by atoms with E-state index in [-0.39, 0.29) is 11.8 Å². The zero-order valence-electron chi connectivity index (χ0n) is 19.0. The van der Waals surface area contributed by atoms with Gasteiger partial charge in [0.25, 0.3) is 11.8 Å². The molecule has 0 saturated carbocycles. The summed E-state index contributed by atoms with van der Waals surface area (Å²) < 4.78 is 10.5. The number of amides is 2. The van der Waals surface area contributed by atoms with Gasteiger partial charge in [-0.25, -0.2) is 0 Å². The SMILES string of the molecule is CCOCCCNC(=O)c1cc(NC(=O)c2ccc(OC)cc2)ccc1N1CCCCC1. The smallest absolute Gasteiger partial charge is 0.255 e. The van der Waals surface area contributed by atoms with Gasteiger partial charge in [0.1, 0.15) is 5.75 Å². The van der Waals surface area contributed by atoms with Crippen LogP contribution in [0.25, 0.3) is 0 Å². The first-order valence-corrected chi connectivity index (χ1v) is 11.3. The molecule has 2 aromatic rings. The van der Waals surface area contributed by atoms with E-state index in [0.717, 1.165) is 38.0 Å². The van der Waals surface area contributed by atoms with Crippen molar-refractivity contribution < 1.29 is 19.1 Å². The number of anilines is 2. The Morgan fingerprint density at radius 1 is 1.00 bits per heavy atom. The molecule has 0 aliphatic carbocycles. The maximum absolute atomic E-state index is 13.0. The molecule has 3 rings (SSSR count). The third-order valence-corrected chi connectivity index (χ3v) is 5.50. The van der Waals surface area contributed by atoms with E-state index in [1.165, 1.54) is 6.42 Å². The van der Waals surface area contributed by atoms with Gasteiger partial charge in [0.15, 0.2) is 0 Å². The van der Waals surface area contributed by atoms with Crippen LogP contribution in [0.5, 0.6) is 5.75 Å². The molecule has 0 bridgehead atoms. The summed E-state index contributed by atoms with van der Waals surface area (Å²) in [6.07, 6.45) is 4.20. The Labute approximate surface area is 190 Å². The van der Waals surface area contributed by atoms with Crippen molar-refractivity contribution >= 4 is 23.2 Å². The Bertz CT molecular complexity index is 893. The highest BCUT2D eigenvalue weighted by Gasteiger charge is 2.20. The number of nitrogens with zero attached hydrogens (tertiary/aromatic N) is 1. The minimum Gasteiger partial charge on any atom is -0.497 e. The normalized spacial score (nSPS) is 13.5. The van der Waals surface area contributed by atoms with Gasteiger partial charge in [-0.2, -0.15) is 0 Å². The quantitative estimate of drug-likeness (QED) is 0.545. The molecule has 32 heavy (non-hydrogen) atoms. The van der Waals surface area contributed by atoms with Gasteiger partial charge in [-0.3, -0.25) is 9.59 Å². The zero-order valence-corrected chi connectivity index (χ0v) is 19.0. The van der Waals surface area contributed by atoms with Crippen LogP contribution in [0.4, 0.5) is 11.4 Å². The number of carbonyl (C=O) groups is 2. The second-order valence-electron chi connectivity index (χ2n) is 7.77. The molecule has 2 N–H and O–H groups in total. The molecule has 1 fully saturated rings. The van der Waals surface area contributed by atoms with Gasteiger partial charge in [-0.15, -0.1) is 0 Å². The number of hydrogen-bond donors (Lipinski definition) is 2. The highest BCUT2D eigenvalue weighted by molar-refractivity contribution is 6.06. The molecule has 7 heteroatoms. The van der Waals surface area contributed by atoms with Gasteiger partial charge in [0.2, 0.25) is 0 Å². The van der Waals surface area contributed by atoms with Gasteiger partial charge in [0, 0.05) is 49.8 Å². The van der Waals surface area contributed by atoms with Crippen molar-refractivity contribution in [1.29, 1.82) is 0 Å². The standard InChI is InChI=1S/C25H33N3O4/c1-3-32-17-7-14-26-25(30)22-18-20(10-13-23(22)28-15-5-4-6-16-28)27-24(29)19-8-11-21(31-2)12-9-19/h8-13,18H,3-7,14-17H2,1-2H3,(H,26,30)(H,27,29). The molecule has 2 aromatic carbocycles. The first-order valence-electron chi connectivity index (χ1n) is 11.3. The molecule has 1 aliphatic heterocycles. The lowest BCUT2D eigenvalue weighted by atomic mass is 10.1. The third-order valence-electron chi connectivity index (χ3n) is 5.50. The van der Waals surface area contributed by atoms with E-state index in [0.29, 0.717) is 42.3 Å². The van der Waals surface area contributed by atoms with Crippen molar-refractivity contribution in [3.05, 3.63) is 53.6 Å². The van der Waals surface area contributed by atoms with Crippen LogP contribution in [0, 0.1) is 0 Å². The summed E-state index contributed by atoms with van der Waals surface area (Å²) in [5, 5.41) is 5.90. The molecular formula is C25H33N3O4. The molecule has 0 radical (unpaired) electrons. The number of hydrogen-bond acceptors (Lipinski definition) is 5. The second-order valence-corrected chi connectivity index (χ2v) is 7.77. The average Bonchev–Trinajstić information content (AvgIpc) is 2.84. The minimum absolute atomic E-state index is 0.136. The third kappa shape index (κ3) is 6.47. The largest absolute Gasteiger partial charge is 0.497 e. The highest BCUT2D eigenvalue weighted by Crippen LogP contribution is 2.27. The molecule has 0 spiro atoms. The van der Waals surface area contributed by atoms with Crippen LogP contribution >= 0.6 is 0 Å². The monoisotopic (exact) mass is 439 g/mol. The van der Waals surface area contributed by atoms with Crippen LogP contribution in [-0.4, -0.2) is 51.8 Å². The van der Waals surface area contributed by atoms with Crippen LogP contribution in [-0.2, 0) is 4.74 Å². The molecule has 0 aromatic heterocycles. The lowest BCUT2D eigenvalue weighted by Gasteiger charge is -2.30. The maximum Gasteiger partial charge on any atom is 0.255 e. The molecule has 172 valence electrons. The molecule has 1 aliphatic rings. The first kappa shape index (κ1) is 23.6. The minimum atomic E-state index is -0.235. The van der Waals surface area contributed by atoms with E-state index in [9.17, 15) is 9.59 Å². The Morgan fingerprint density at radius 2 is 1.75 bits per heavy atom. The predicted octanol–water partition coefficient (Wildman–Crippen LogP) is 4.09. The van der Waals surface area contributed by atoms with Crippen molar-refractivity contribution in [2.75, 3.05) is 50.2 Å². The Kier molecular flexibility index (Phi) is 8.92. The van der Waals surface area contributed by atoms with E-state index in [1.54, 1.807) is 37.4 Å². The number of carbonyl (C=O) groups excluding carboxylic acids is 2. The summed E-state index contributed by atoms with van der Waals surface area (Å²) in [6.45, 7) is 5.65. The van der Waals surface area contributed by atoms with Crippen LogP contribution in [0.1, 0.15) is 53.3 Å². The van der Waals surface area contributed by atoms with E-state index < -0.39 is 0 Å². The Morgan fingerprint density at radius 3 is 2.44 bits per heavy atom. The summed E-state index contributed by atoms with van der Waals surface area (Å²) in [5.74, 6) is 0.319. The van der Waals surface area contributed by atoms with Crippen LogP contribution in [0.3, 0.4) is 0 Å². The molecule has 0 unspecified atom stereocenters. The first-order chi connectivity index (χ1) is 15.6. The molecular weight excluding hydrogens is 406 g/mol. The maximum atomic E-state index is 13.0. The van der Waals surface area contributed by atoms with Crippen molar-refractivity contribution in [1.82, 2.24) is 5.32 Å². The van der Waals surface area contributed by atoms with E-state index in [2.05, 4.69) is 15.5 Å². The van der Waals surface area contributed by atoms with Gasteiger partial charge >= 0.3 is 0 Å². The van der Waals surface area contributed by atoms with Crippen molar-refractivity contribution in [3.63, 3.8) is 0 Å². The number of rotatable bonds is 10. The fourth-order valence-electron chi connectivity index (χ4n) is 3.77. The molecule has 0 atom stereocenters. The zero-order chi connectivity index (χ0) is 22.8. The Balaban J connectivity index is 1.75. The van der Waals surface area contributed by atoms with Crippen LogP contribution < -0.4 is 20.3 Å². The van der Waals surface area contributed by atoms with Gasteiger partial charge in [-0.1, -0.05) is 0 Å². The number of ether oxygens (including phenoxy) is 2. The van der Waals surface area contributed by atoms with Crippen LogP contribution in [0.2, 0.25) is 0 Å². The fraction of sp³-hybridized carbons (Fsp3) is 0.440. The fourth-order valence-corrected chi connectivity index (χ4v) is 3.77. The molecule has 1 saturated heterocycles. The highest BCUT2D eigenvalue weighted by atomic mass is 16.5. The van der Waals surface area contributed by atoms with E-state index in [1.807, 2.05) is 19.1 Å². The summed E-state index contributed by atoms with van der Waals surface area (Å²) >= 11 is 0. The molecule has 7 nitrogen and oxygen atoms in total.